The zero-order valence-corrected chi connectivity index (χ0v) is 14.1. The van der Waals surface area contributed by atoms with Crippen LogP contribution < -0.4 is 5.32 Å². The van der Waals surface area contributed by atoms with Crippen molar-refractivity contribution < 1.29 is 4.39 Å². The summed E-state index contributed by atoms with van der Waals surface area (Å²) in [6.07, 6.45) is 0.890. The van der Waals surface area contributed by atoms with Crippen LogP contribution in [0, 0.1) is 19.7 Å². The van der Waals surface area contributed by atoms with Gasteiger partial charge in [0.1, 0.15) is 5.82 Å². The molecule has 4 heteroatoms. The molecule has 23 heavy (non-hydrogen) atoms. The highest BCUT2D eigenvalue weighted by Gasteiger charge is 2.09. The summed E-state index contributed by atoms with van der Waals surface area (Å²) in [6, 6.07) is 11.2. The van der Waals surface area contributed by atoms with Crippen LogP contribution in [0.5, 0.6) is 0 Å². The van der Waals surface area contributed by atoms with E-state index >= 15 is 0 Å². The second-order valence-corrected chi connectivity index (χ2v) is 6.31. The molecule has 0 aliphatic heterocycles. The highest BCUT2D eigenvalue weighted by Crippen LogP contribution is 2.24. The molecule has 0 bridgehead atoms. The third kappa shape index (κ3) is 3.41. The van der Waals surface area contributed by atoms with Crippen LogP contribution >= 0.6 is 11.6 Å². The average Bonchev–Trinajstić information content (AvgIpc) is 2.81. The molecule has 2 aromatic carbocycles. The van der Waals surface area contributed by atoms with Crippen LogP contribution in [0.4, 0.5) is 4.39 Å². The number of hydrogen-bond donors (Lipinski definition) is 2. The minimum Gasteiger partial charge on any atom is -0.358 e. The topological polar surface area (TPSA) is 27.8 Å². The predicted molar refractivity (Wildman–Crippen MR) is 94.6 cm³/mol. The first-order chi connectivity index (χ1) is 11.1. The van der Waals surface area contributed by atoms with Crippen molar-refractivity contribution in [1.82, 2.24) is 10.3 Å². The minimum atomic E-state index is -0.260. The molecule has 0 aliphatic rings. The van der Waals surface area contributed by atoms with E-state index in [1.807, 2.05) is 0 Å². The lowest BCUT2D eigenvalue weighted by Gasteiger charge is -2.08. The number of H-pyrrole nitrogens is 1. The molecule has 2 nitrogen and oxygen atoms in total. The van der Waals surface area contributed by atoms with E-state index in [1.165, 1.54) is 33.8 Å². The summed E-state index contributed by atoms with van der Waals surface area (Å²) >= 11 is 6.04. The molecule has 3 aromatic rings. The molecule has 120 valence electrons. The molecule has 0 unspecified atom stereocenters. The van der Waals surface area contributed by atoms with E-state index in [9.17, 15) is 4.39 Å². The van der Waals surface area contributed by atoms with Gasteiger partial charge in [0, 0.05) is 33.7 Å². The summed E-state index contributed by atoms with van der Waals surface area (Å²) in [7, 11) is 0. The van der Waals surface area contributed by atoms with Crippen molar-refractivity contribution >= 4 is 22.5 Å². The lowest BCUT2D eigenvalue weighted by molar-refractivity contribution is 0.588. The fraction of sp³-hybridized carbons (Fsp3) is 0.263. The monoisotopic (exact) mass is 330 g/mol. The molecule has 3 rings (SSSR count). The van der Waals surface area contributed by atoms with Gasteiger partial charge in [-0.3, -0.25) is 0 Å². The Morgan fingerprint density at radius 1 is 1.13 bits per heavy atom. The predicted octanol–water partition coefficient (Wildman–Crippen LogP) is 4.91. The van der Waals surface area contributed by atoms with Crippen molar-refractivity contribution in [3.63, 3.8) is 0 Å². The average molecular weight is 331 g/mol. The third-order valence-corrected chi connectivity index (χ3v) is 4.54. The summed E-state index contributed by atoms with van der Waals surface area (Å²) in [5, 5.41) is 5.03. The lowest BCUT2D eigenvalue weighted by Crippen LogP contribution is -2.18. The van der Waals surface area contributed by atoms with E-state index < -0.39 is 0 Å². The Morgan fingerprint density at radius 2 is 1.96 bits per heavy atom. The number of halogens is 2. The van der Waals surface area contributed by atoms with Crippen LogP contribution in [0.25, 0.3) is 10.9 Å². The van der Waals surface area contributed by atoms with Crippen LogP contribution in [-0.4, -0.2) is 11.5 Å². The smallest absolute Gasteiger partial charge is 0.129 e. The van der Waals surface area contributed by atoms with Crippen molar-refractivity contribution in [2.75, 3.05) is 6.54 Å². The minimum absolute atomic E-state index is 0.260. The standard InChI is InChI=1S/C19H20ClFN2/c1-12-6-7-19-15(10-12)14(13(2)23-19)8-9-22-11-16-17(20)4-3-5-18(16)21/h3-7,10,22-23H,8-9,11H2,1-2H3. The molecule has 0 radical (unpaired) electrons. The zero-order valence-electron chi connectivity index (χ0n) is 13.3. The largest absolute Gasteiger partial charge is 0.358 e. The van der Waals surface area contributed by atoms with Crippen molar-refractivity contribution in [3.05, 3.63) is 69.6 Å². The number of benzene rings is 2. The number of aromatic amines is 1. The Bertz CT molecular complexity index is 818. The fourth-order valence-corrected chi connectivity index (χ4v) is 3.18. The molecule has 0 atom stereocenters. The molecule has 0 fully saturated rings. The van der Waals surface area contributed by atoms with Gasteiger partial charge < -0.3 is 10.3 Å². The van der Waals surface area contributed by atoms with E-state index in [2.05, 4.69) is 42.3 Å². The van der Waals surface area contributed by atoms with Gasteiger partial charge in [-0.1, -0.05) is 29.3 Å². The van der Waals surface area contributed by atoms with Gasteiger partial charge in [0.15, 0.2) is 0 Å². The zero-order chi connectivity index (χ0) is 16.4. The molecular formula is C19H20ClFN2. The Labute approximate surface area is 140 Å². The number of aromatic nitrogens is 1. The van der Waals surface area contributed by atoms with Crippen LogP contribution in [0.3, 0.4) is 0 Å². The van der Waals surface area contributed by atoms with E-state index in [1.54, 1.807) is 12.1 Å². The SMILES string of the molecule is Cc1ccc2[nH]c(C)c(CCNCc3c(F)cccc3Cl)c2c1. The molecule has 0 amide bonds. The van der Waals surface area contributed by atoms with E-state index in [-0.39, 0.29) is 5.82 Å². The van der Waals surface area contributed by atoms with Crippen LogP contribution in [0.1, 0.15) is 22.4 Å². The highest BCUT2D eigenvalue weighted by atomic mass is 35.5. The van der Waals surface area contributed by atoms with Gasteiger partial charge in [0.25, 0.3) is 0 Å². The first-order valence-corrected chi connectivity index (χ1v) is 8.15. The van der Waals surface area contributed by atoms with E-state index in [4.69, 9.17) is 11.6 Å². The van der Waals surface area contributed by atoms with Crippen molar-refractivity contribution in [2.45, 2.75) is 26.8 Å². The number of fused-ring (bicyclic) bond motifs is 1. The summed E-state index contributed by atoms with van der Waals surface area (Å²) in [4.78, 5) is 3.42. The first-order valence-electron chi connectivity index (χ1n) is 7.77. The van der Waals surface area contributed by atoms with E-state index in [0.717, 1.165) is 13.0 Å². The normalized spacial score (nSPS) is 11.3. The molecular weight excluding hydrogens is 311 g/mol. The van der Waals surface area contributed by atoms with Crippen LogP contribution in [0.2, 0.25) is 5.02 Å². The first kappa shape index (κ1) is 16.0. The number of rotatable bonds is 5. The van der Waals surface area contributed by atoms with Gasteiger partial charge in [0.05, 0.1) is 0 Å². The van der Waals surface area contributed by atoms with Gasteiger partial charge in [-0.15, -0.1) is 0 Å². The Balaban J connectivity index is 1.67. The number of aryl methyl sites for hydroxylation is 2. The molecule has 0 spiro atoms. The van der Waals surface area contributed by atoms with E-state index in [0.29, 0.717) is 17.1 Å². The maximum absolute atomic E-state index is 13.7. The van der Waals surface area contributed by atoms with Gasteiger partial charge in [-0.2, -0.15) is 0 Å². The second-order valence-electron chi connectivity index (χ2n) is 5.90. The van der Waals surface area contributed by atoms with Crippen molar-refractivity contribution in [1.29, 1.82) is 0 Å². The number of hydrogen-bond acceptors (Lipinski definition) is 1. The van der Waals surface area contributed by atoms with Crippen molar-refractivity contribution in [3.8, 4) is 0 Å². The number of nitrogens with one attached hydrogen (secondary N) is 2. The summed E-state index contributed by atoms with van der Waals surface area (Å²) in [5.74, 6) is -0.260. The molecule has 0 aliphatic carbocycles. The van der Waals surface area contributed by atoms with Gasteiger partial charge in [-0.25, -0.2) is 4.39 Å². The molecule has 1 aromatic heterocycles. The Hall–Kier alpha value is -1.84. The van der Waals surface area contributed by atoms with Gasteiger partial charge in [-0.05, 0) is 56.6 Å². The Morgan fingerprint density at radius 3 is 2.74 bits per heavy atom. The lowest BCUT2D eigenvalue weighted by atomic mass is 10.1. The summed E-state index contributed by atoms with van der Waals surface area (Å²) in [6.45, 7) is 5.40. The van der Waals surface area contributed by atoms with Gasteiger partial charge in [0.2, 0.25) is 0 Å². The van der Waals surface area contributed by atoms with Crippen LogP contribution in [-0.2, 0) is 13.0 Å². The molecule has 1 heterocycles. The second kappa shape index (κ2) is 6.73. The summed E-state index contributed by atoms with van der Waals surface area (Å²) in [5.41, 5.74) is 5.46. The van der Waals surface area contributed by atoms with Crippen molar-refractivity contribution in [2.24, 2.45) is 0 Å². The third-order valence-electron chi connectivity index (χ3n) is 4.19. The van der Waals surface area contributed by atoms with Crippen LogP contribution in [0.15, 0.2) is 36.4 Å². The maximum Gasteiger partial charge on any atom is 0.129 e. The summed E-state index contributed by atoms with van der Waals surface area (Å²) < 4.78 is 13.7. The maximum atomic E-state index is 13.7. The Kier molecular flexibility index (Phi) is 4.69. The fourth-order valence-electron chi connectivity index (χ4n) is 2.95. The molecule has 0 saturated heterocycles. The molecule has 0 saturated carbocycles. The quantitative estimate of drug-likeness (QED) is 0.639. The highest BCUT2D eigenvalue weighted by molar-refractivity contribution is 6.31. The molecule has 2 N–H and O–H groups in total. The van der Waals surface area contributed by atoms with Gasteiger partial charge >= 0.3 is 0 Å².